The van der Waals surface area contributed by atoms with Crippen molar-refractivity contribution in [3.63, 3.8) is 0 Å². The molecule has 0 unspecified atom stereocenters. The van der Waals surface area contributed by atoms with E-state index in [-0.39, 0.29) is 17.3 Å². The highest BCUT2D eigenvalue weighted by Crippen LogP contribution is 2.36. The molecular formula is C10H11ClF3NO. The van der Waals surface area contributed by atoms with Crippen molar-refractivity contribution in [2.24, 2.45) is 0 Å². The van der Waals surface area contributed by atoms with E-state index in [1.54, 1.807) is 0 Å². The summed E-state index contributed by atoms with van der Waals surface area (Å²) in [6, 6.07) is 3.46. The average Bonchev–Trinajstić information content (AvgIpc) is 2.14. The second-order valence-corrected chi connectivity index (χ2v) is 3.85. The zero-order chi connectivity index (χ0) is 12.3. The maximum absolute atomic E-state index is 12.6. The van der Waals surface area contributed by atoms with Crippen LogP contribution in [0.25, 0.3) is 0 Å². The Morgan fingerprint density at radius 1 is 1.44 bits per heavy atom. The number of aliphatic hydroxyl groups is 1. The largest absolute Gasteiger partial charge is 0.418 e. The summed E-state index contributed by atoms with van der Waals surface area (Å²) in [5, 5.41) is 11.5. The van der Waals surface area contributed by atoms with E-state index in [2.05, 4.69) is 5.32 Å². The molecule has 0 aliphatic heterocycles. The van der Waals surface area contributed by atoms with Gasteiger partial charge in [0.1, 0.15) is 0 Å². The van der Waals surface area contributed by atoms with Crippen molar-refractivity contribution in [1.82, 2.24) is 0 Å². The molecule has 0 spiro atoms. The summed E-state index contributed by atoms with van der Waals surface area (Å²) in [6.45, 7) is 1.53. The number of halogens is 4. The summed E-state index contributed by atoms with van der Waals surface area (Å²) in [5.41, 5.74) is -0.918. The second-order valence-electron chi connectivity index (χ2n) is 3.42. The van der Waals surface area contributed by atoms with Gasteiger partial charge in [-0.05, 0) is 25.1 Å². The van der Waals surface area contributed by atoms with Crippen LogP contribution in [0.15, 0.2) is 18.2 Å². The highest BCUT2D eigenvalue weighted by Gasteiger charge is 2.33. The summed E-state index contributed by atoms with van der Waals surface area (Å²) in [7, 11) is 0. The van der Waals surface area contributed by atoms with Crippen LogP contribution in [-0.2, 0) is 6.18 Å². The number of rotatable bonds is 3. The second kappa shape index (κ2) is 4.93. The van der Waals surface area contributed by atoms with Gasteiger partial charge in [0, 0.05) is 17.3 Å². The van der Waals surface area contributed by atoms with Gasteiger partial charge in [0.15, 0.2) is 0 Å². The lowest BCUT2D eigenvalue weighted by Crippen LogP contribution is -2.18. The zero-order valence-corrected chi connectivity index (χ0v) is 9.23. The molecule has 0 aromatic heterocycles. The summed E-state index contributed by atoms with van der Waals surface area (Å²) >= 11 is 5.51. The zero-order valence-electron chi connectivity index (χ0n) is 8.48. The standard InChI is InChI=1S/C10H11ClF3NO/c1-6(16)5-15-9-3-2-7(11)4-8(9)10(12,13)14/h2-4,6,15-16H,5H2,1H3/t6-/m1/s1. The Morgan fingerprint density at radius 2 is 2.06 bits per heavy atom. The number of aliphatic hydroxyl groups excluding tert-OH is 1. The lowest BCUT2D eigenvalue weighted by molar-refractivity contribution is -0.137. The molecule has 0 heterocycles. The van der Waals surface area contributed by atoms with Crippen LogP contribution < -0.4 is 5.32 Å². The number of hydrogen-bond acceptors (Lipinski definition) is 2. The van der Waals surface area contributed by atoms with E-state index in [9.17, 15) is 13.2 Å². The van der Waals surface area contributed by atoms with E-state index in [1.807, 2.05) is 0 Å². The van der Waals surface area contributed by atoms with Gasteiger partial charge in [-0.3, -0.25) is 0 Å². The summed E-state index contributed by atoms with van der Waals surface area (Å²) in [5.74, 6) is 0. The minimum atomic E-state index is -4.47. The third-order valence-electron chi connectivity index (χ3n) is 1.87. The minimum absolute atomic E-state index is 0.0231. The van der Waals surface area contributed by atoms with Crippen molar-refractivity contribution in [3.05, 3.63) is 28.8 Å². The van der Waals surface area contributed by atoms with Crippen molar-refractivity contribution in [2.45, 2.75) is 19.2 Å². The molecular weight excluding hydrogens is 243 g/mol. The molecule has 1 atom stereocenters. The number of alkyl halides is 3. The van der Waals surface area contributed by atoms with E-state index in [4.69, 9.17) is 16.7 Å². The molecule has 1 aromatic rings. The molecule has 16 heavy (non-hydrogen) atoms. The van der Waals surface area contributed by atoms with Crippen molar-refractivity contribution in [3.8, 4) is 0 Å². The normalized spacial score (nSPS) is 13.6. The van der Waals surface area contributed by atoms with Crippen LogP contribution in [-0.4, -0.2) is 17.8 Å². The molecule has 0 saturated carbocycles. The van der Waals surface area contributed by atoms with Gasteiger partial charge < -0.3 is 10.4 Å². The third-order valence-corrected chi connectivity index (χ3v) is 2.11. The molecule has 1 rings (SSSR count). The Labute approximate surface area is 96.0 Å². The maximum Gasteiger partial charge on any atom is 0.418 e. The molecule has 1 aromatic carbocycles. The topological polar surface area (TPSA) is 32.3 Å². The van der Waals surface area contributed by atoms with Crippen LogP contribution in [0.4, 0.5) is 18.9 Å². The number of nitrogens with one attached hydrogen (secondary N) is 1. The summed E-state index contributed by atoms with van der Waals surface area (Å²) in [4.78, 5) is 0. The highest BCUT2D eigenvalue weighted by atomic mass is 35.5. The lowest BCUT2D eigenvalue weighted by Gasteiger charge is -2.15. The van der Waals surface area contributed by atoms with Gasteiger partial charge in [0.2, 0.25) is 0 Å². The molecule has 0 aliphatic carbocycles. The Morgan fingerprint density at radius 3 is 2.56 bits per heavy atom. The van der Waals surface area contributed by atoms with Crippen molar-refractivity contribution >= 4 is 17.3 Å². The lowest BCUT2D eigenvalue weighted by atomic mass is 10.1. The minimum Gasteiger partial charge on any atom is -0.392 e. The SMILES string of the molecule is C[C@@H](O)CNc1ccc(Cl)cc1C(F)(F)F. The van der Waals surface area contributed by atoms with Crippen LogP contribution in [0, 0.1) is 0 Å². The first-order valence-electron chi connectivity index (χ1n) is 4.59. The summed E-state index contributed by atoms with van der Waals surface area (Å²) in [6.07, 6.45) is -5.19. The fourth-order valence-electron chi connectivity index (χ4n) is 1.16. The molecule has 0 amide bonds. The predicted molar refractivity (Wildman–Crippen MR) is 56.6 cm³/mol. The average molecular weight is 254 g/mol. The quantitative estimate of drug-likeness (QED) is 0.867. The van der Waals surface area contributed by atoms with Gasteiger partial charge in [0.05, 0.1) is 11.7 Å². The van der Waals surface area contributed by atoms with E-state index < -0.39 is 17.8 Å². The third kappa shape index (κ3) is 3.57. The molecule has 0 aliphatic rings. The molecule has 0 fully saturated rings. The molecule has 0 radical (unpaired) electrons. The van der Waals surface area contributed by atoms with Crippen LogP contribution in [0.5, 0.6) is 0 Å². The molecule has 90 valence electrons. The molecule has 6 heteroatoms. The molecule has 2 nitrogen and oxygen atoms in total. The Hall–Kier alpha value is -0.940. The van der Waals surface area contributed by atoms with Crippen LogP contribution in [0.3, 0.4) is 0 Å². The van der Waals surface area contributed by atoms with Crippen LogP contribution in [0.2, 0.25) is 5.02 Å². The van der Waals surface area contributed by atoms with Gasteiger partial charge in [0.25, 0.3) is 0 Å². The molecule has 2 N–H and O–H groups in total. The van der Waals surface area contributed by atoms with Gasteiger partial charge in [-0.2, -0.15) is 13.2 Å². The van der Waals surface area contributed by atoms with E-state index in [0.29, 0.717) is 0 Å². The van der Waals surface area contributed by atoms with Crippen molar-refractivity contribution in [2.75, 3.05) is 11.9 Å². The fraction of sp³-hybridized carbons (Fsp3) is 0.400. The van der Waals surface area contributed by atoms with Crippen LogP contribution >= 0.6 is 11.6 Å². The first kappa shape index (κ1) is 13.1. The number of hydrogen-bond donors (Lipinski definition) is 2. The van der Waals surface area contributed by atoms with E-state index in [1.165, 1.54) is 19.1 Å². The van der Waals surface area contributed by atoms with Gasteiger partial charge in [-0.25, -0.2) is 0 Å². The predicted octanol–water partition coefficient (Wildman–Crippen LogP) is 3.15. The maximum atomic E-state index is 12.6. The van der Waals surface area contributed by atoms with E-state index in [0.717, 1.165) is 6.07 Å². The van der Waals surface area contributed by atoms with Crippen molar-refractivity contribution in [1.29, 1.82) is 0 Å². The van der Waals surface area contributed by atoms with Gasteiger partial charge in [-0.15, -0.1) is 0 Å². The highest BCUT2D eigenvalue weighted by molar-refractivity contribution is 6.30. The Kier molecular flexibility index (Phi) is 4.04. The van der Waals surface area contributed by atoms with Gasteiger partial charge >= 0.3 is 6.18 Å². The molecule has 0 saturated heterocycles. The smallest absolute Gasteiger partial charge is 0.392 e. The monoisotopic (exact) mass is 253 g/mol. The first-order valence-corrected chi connectivity index (χ1v) is 4.97. The first-order chi connectivity index (χ1) is 7.30. The summed E-state index contributed by atoms with van der Waals surface area (Å²) < 4.78 is 37.8. The number of anilines is 1. The Bertz CT molecular complexity index is 366. The van der Waals surface area contributed by atoms with Crippen molar-refractivity contribution < 1.29 is 18.3 Å². The van der Waals surface area contributed by atoms with Crippen LogP contribution in [0.1, 0.15) is 12.5 Å². The Balaban J connectivity index is 2.99. The van der Waals surface area contributed by atoms with Gasteiger partial charge in [-0.1, -0.05) is 11.6 Å². The number of benzene rings is 1. The molecule has 0 bridgehead atoms. The fourth-order valence-corrected chi connectivity index (χ4v) is 1.33. The van der Waals surface area contributed by atoms with E-state index >= 15 is 0 Å².